The summed E-state index contributed by atoms with van der Waals surface area (Å²) < 4.78 is 53.0. The molecule has 0 amide bonds. The van der Waals surface area contributed by atoms with E-state index in [-0.39, 0.29) is 73.0 Å². The van der Waals surface area contributed by atoms with Crippen molar-refractivity contribution in [1.29, 1.82) is 0.594 Å². The minimum atomic E-state index is -0.878. The number of halogens is 5. The van der Waals surface area contributed by atoms with Crippen LogP contribution in [-0.4, -0.2) is 253 Å². The number of aliphatic hydroxyl groups excluding tert-OH is 3. The number of carbonyl (C=O) groups is 1. The van der Waals surface area contributed by atoms with Gasteiger partial charge in [-0.25, -0.2) is 49.8 Å². The fourth-order valence-electron chi connectivity index (χ4n) is 17.1. The van der Waals surface area contributed by atoms with E-state index in [1.54, 1.807) is 76.3 Å². The molecule has 10 aromatic heterocycles. The van der Waals surface area contributed by atoms with Gasteiger partial charge in [-0.2, -0.15) is 0 Å². The molecule has 3 fully saturated rings. The Morgan fingerprint density at radius 1 is 0.484 bits per heavy atom. The number of hydrogen-bond donors (Lipinski definition) is 3. The summed E-state index contributed by atoms with van der Waals surface area (Å²) in [5, 5.41) is 34.1. The Hall–Kier alpha value is -3.31. The maximum atomic E-state index is 11.2. The van der Waals surface area contributed by atoms with Gasteiger partial charge in [0, 0.05) is 109 Å². The topological polar surface area (TPSA) is 290 Å². The zero-order valence-electron chi connectivity index (χ0n) is 76.1. The molecule has 5 unspecified atom stereocenters. The number of rotatable bonds is 21. The molecule has 0 bridgehead atoms. The number of fused-ring (bicyclic) bond motifs is 15. The van der Waals surface area contributed by atoms with Gasteiger partial charge in [-0.1, -0.05) is 92.7 Å². The summed E-state index contributed by atoms with van der Waals surface area (Å²) in [5.74, 6) is 1.66. The van der Waals surface area contributed by atoms with Crippen LogP contribution in [0.4, 0.5) is 0 Å². The average Bonchev–Trinajstić information content (AvgIpc) is 1.64. The number of nitrogens with zero attached hydrogens (tertiary/aromatic N) is 13. The second-order valence-electron chi connectivity index (χ2n) is 34.7. The predicted octanol–water partition coefficient (Wildman–Crippen LogP) is 17.9. The molecule has 3 radical (unpaired) electrons. The SMILES string of the molecule is CC(=O)CC1Cc2c(sc3ncnc(Cl)c23)CO1.CCCC1Cc2c(sc3ncnc(Cl)c23)CO1.CCCC1Cc2c(sc3ncnc(OC4CCC(N(C)C)CC4)c23)CO1.CN(C)C1CCC(O)CC1.CN(C)C1CCC(Oc2ncnc3sc4c(c23)CC(CCO)OC4)CC1.C[Si](C)(C)CCOCCl.OCCC1Cc2c(sc3ncnc(Cl)c23)CO1.[2H][IH][B].[AlH2]. The predicted molar refractivity (Wildman–Crippen MR) is 531 cm³/mol. The van der Waals surface area contributed by atoms with E-state index in [1.165, 1.54) is 92.5 Å². The third-order valence-corrected chi connectivity index (χ3v) is 32.3. The minimum Gasteiger partial charge on any atom is 0.146 e. The zero-order valence-corrected chi connectivity index (χ0v) is 87.6. The molecule has 18 rings (SSSR count). The first-order chi connectivity index (χ1) is 60.7. The maximum Gasteiger partial charge on any atom is 0.146 e. The van der Waals surface area contributed by atoms with Gasteiger partial charge in [0.25, 0.3) is 0 Å². The van der Waals surface area contributed by atoms with Gasteiger partial charge in [-0.05, 0) is 186 Å². The largest absolute Gasteiger partial charge is 0.146 e. The van der Waals surface area contributed by atoms with Gasteiger partial charge in [-0.3, -0.25) is 4.79 Å². The molecule has 0 spiro atoms. The molecule has 691 valence electrons. The summed E-state index contributed by atoms with van der Waals surface area (Å²) in [5.41, 5.74) is 10.9. The van der Waals surface area contributed by atoms with Gasteiger partial charge in [-0.15, -0.1) is 56.7 Å². The van der Waals surface area contributed by atoms with Crippen molar-refractivity contribution >= 4 is 213 Å². The van der Waals surface area contributed by atoms with Gasteiger partial charge in [0.05, 0.1) is 96.6 Å². The molecule has 3 aliphatic carbocycles. The van der Waals surface area contributed by atoms with Gasteiger partial charge in [0.2, 0.25) is 11.8 Å². The van der Waals surface area contributed by atoms with E-state index in [0.717, 1.165) is 183 Å². The first-order valence-electron chi connectivity index (χ1n) is 44.1. The van der Waals surface area contributed by atoms with Crippen LogP contribution in [0.2, 0.25) is 41.1 Å². The van der Waals surface area contributed by atoms with Crippen molar-refractivity contribution in [2.24, 2.45) is 0 Å². The van der Waals surface area contributed by atoms with Crippen molar-refractivity contribution in [2.75, 3.05) is 68.2 Å². The van der Waals surface area contributed by atoms with Crippen LogP contribution in [-0.2, 0) is 98.4 Å². The maximum absolute atomic E-state index is 11.2. The van der Waals surface area contributed by atoms with Gasteiger partial charge in [0.15, 0.2) is 0 Å². The van der Waals surface area contributed by atoms with Crippen LogP contribution in [0.1, 0.15) is 195 Å². The Balaban J connectivity index is 0.000000157. The molecule has 3 N–H and O–H groups in total. The number of carbonyl (C=O) groups excluding carboxylic acids is 1. The van der Waals surface area contributed by atoms with E-state index >= 15 is 0 Å². The molecule has 15 heterocycles. The summed E-state index contributed by atoms with van der Waals surface area (Å²) in [7, 11) is 12.0. The standard InChI is InChI=1S/C20H29N3O2S.C19H27N3O3S.C12H11ClN2O2S.C12H13ClN2OS.C11H11ClN2O2S.C8H17NO.C6H15ClOSi.Al.BH2I.2H/c1-4-5-15-10-16-17(11-24-15)26-20-18(16)19(21-12-22-20)25-14-8-6-13(7-9-14)23(2)3;1-22(2)12-3-5-13(6-4-12)25-18-17-15-9-14(7-8-23)24-10-16(15)26-19(17)21-11-20-18;1-6(16)2-7-3-8-9(4-17-7)18-12-10(8)11(13)14-5-15-12;1-2-3-7-4-8-9(5-16-7)17-12-10(8)11(13)14-6-15-12;12-10-9-7-3-6(1-2-15)16-4-8(7)17-11(9)14-5-13-10;1-9(2)7-3-5-8(10)6-4-7;1-9(2,3)5-4-8-6-7;;1-2;;/h12-15H,4-11H2,1-3H3;11-14,23H,3-10H2,1-2H3;5,7H,2-4H2,1H3;6-7H,2-5H2,1H3;5-6,15H,1-4H2;7-8,10H,3-6H2,1-2H3;4-6H2,1-3H3;;2H2;;/i;;;;;;;;2D;;. The van der Waals surface area contributed by atoms with Crippen LogP contribution < -0.4 is 9.47 Å². The fraction of sp³-hybridized carbons (Fsp3) is 0.648. The van der Waals surface area contributed by atoms with Crippen LogP contribution in [0.3, 0.4) is 0 Å². The smallest absolute Gasteiger partial charge is 0.146 e. The second-order valence-corrected chi connectivity index (χ2v) is 47.1. The molecular formula is C88H127AlBCl4IN13O12S5Si. The monoisotopic (exact) mass is 2050 g/mol. The van der Waals surface area contributed by atoms with Crippen molar-refractivity contribution < 1.29 is 58.0 Å². The average molecular weight is 2060 g/mol. The molecule has 8 aliphatic rings. The Kier molecular flexibility index (Phi) is 42.6. The van der Waals surface area contributed by atoms with Crippen molar-refractivity contribution in [2.45, 2.75) is 301 Å². The minimum absolute atomic E-state index is 0. The number of Topliss-reactive ketones (excluding diaryl/α,β-unsaturated/α-hetero) is 1. The summed E-state index contributed by atoms with van der Waals surface area (Å²) in [4.78, 5) is 71.9. The molecule has 5 aliphatic heterocycles. The number of alkyl halides is 1. The van der Waals surface area contributed by atoms with Gasteiger partial charge < -0.3 is 67.9 Å². The van der Waals surface area contributed by atoms with E-state index in [9.17, 15) is 15.0 Å². The number of hydrogen-bond acceptors (Lipinski definition) is 30. The van der Waals surface area contributed by atoms with Gasteiger partial charge >= 0.3 is 28.5 Å². The molecule has 126 heavy (non-hydrogen) atoms. The molecule has 10 aromatic rings. The summed E-state index contributed by atoms with van der Waals surface area (Å²) in [6.45, 7) is 17.2. The van der Waals surface area contributed by atoms with Crippen LogP contribution in [0.15, 0.2) is 31.6 Å². The van der Waals surface area contributed by atoms with E-state index in [2.05, 4.69) is 146 Å². The first-order valence-corrected chi connectivity index (χ1v) is 54.5. The number of ketones is 1. The van der Waals surface area contributed by atoms with Crippen LogP contribution in [0.5, 0.6) is 11.8 Å². The van der Waals surface area contributed by atoms with Crippen molar-refractivity contribution in [1.82, 2.24) is 64.5 Å². The second kappa shape index (κ2) is 52.0. The normalized spacial score (nSPS) is 22.6. The van der Waals surface area contributed by atoms with E-state index in [4.69, 9.17) is 90.0 Å². The van der Waals surface area contributed by atoms with E-state index in [0.29, 0.717) is 111 Å². The van der Waals surface area contributed by atoms with Crippen molar-refractivity contribution in [3.63, 3.8) is 0 Å². The quantitative estimate of drug-likeness (QED) is 0.0198. The molecule has 3 saturated carbocycles. The number of ether oxygens (including phenoxy) is 8. The Morgan fingerprint density at radius 3 is 1.06 bits per heavy atom. The van der Waals surface area contributed by atoms with Gasteiger partial charge in [0.1, 0.15) is 113 Å². The van der Waals surface area contributed by atoms with E-state index < -0.39 is 30.3 Å². The van der Waals surface area contributed by atoms with Crippen LogP contribution in [0, 0.1) is 0 Å². The zero-order chi connectivity index (χ0) is 90.1. The summed E-state index contributed by atoms with van der Waals surface area (Å²) >= 11 is 31.3. The third-order valence-electron chi connectivity index (χ3n) is 24.0. The summed E-state index contributed by atoms with van der Waals surface area (Å²) in [6, 6.07) is 3.60. The first kappa shape index (κ1) is 103. The van der Waals surface area contributed by atoms with Crippen LogP contribution in [0.25, 0.3) is 51.1 Å². The summed E-state index contributed by atoms with van der Waals surface area (Å²) in [6.07, 6.45) is 32.7. The molecule has 0 saturated heterocycles. The van der Waals surface area contributed by atoms with Crippen molar-refractivity contribution in [3.8, 4) is 11.8 Å². The third kappa shape index (κ3) is 29.1. The van der Waals surface area contributed by atoms with E-state index in [1.807, 2.05) is 0 Å². The molecule has 25 nitrogen and oxygen atoms in total. The number of aliphatic hydroxyl groups is 3. The molecule has 5 atom stereocenters. The fourth-order valence-corrected chi connectivity index (χ4v) is 24.3. The Labute approximate surface area is 808 Å². The molecule has 0 aromatic carbocycles. The van der Waals surface area contributed by atoms with Crippen molar-refractivity contribution in [3.05, 3.63) is 99.3 Å². The molecule has 38 heteroatoms. The molecular weight excluding hydrogens is 1930 g/mol. The number of aromatic nitrogens is 10. The Bertz CT molecular complexity index is 4840. The van der Waals surface area contributed by atoms with Crippen LogP contribution >= 0.6 is 125 Å². The number of thiophene rings is 5. The Morgan fingerprint density at radius 2 is 0.770 bits per heavy atom.